The number of halogens is 3. The fraction of sp³-hybridized carbons (Fsp3) is 0.312. The summed E-state index contributed by atoms with van der Waals surface area (Å²) < 4.78 is 37.6. The zero-order valence-electron chi connectivity index (χ0n) is 12.8. The Hall–Kier alpha value is -2.64. The smallest absolute Gasteiger partial charge is 0.367 e. The van der Waals surface area contributed by atoms with Gasteiger partial charge in [-0.15, -0.1) is 0 Å². The van der Waals surface area contributed by atoms with Crippen molar-refractivity contribution in [2.75, 3.05) is 10.6 Å². The van der Waals surface area contributed by atoms with Gasteiger partial charge in [-0.3, -0.25) is 4.79 Å². The van der Waals surface area contributed by atoms with Crippen LogP contribution in [0.15, 0.2) is 30.3 Å². The van der Waals surface area contributed by atoms with Crippen LogP contribution in [0.4, 0.5) is 24.7 Å². The summed E-state index contributed by atoms with van der Waals surface area (Å²) in [5, 5.41) is 5.72. The molecule has 0 spiro atoms. The van der Waals surface area contributed by atoms with Gasteiger partial charge in [0, 0.05) is 17.8 Å². The Labute approximate surface area is 136 Å². The Kier molecular flexibility index (Phi) is 4.13. The van der Waals surface area contributed by atoms with Crippen LogP contribution in [-0.2, 0) is 6.18 Å². The molecule has 1 fully saturated rings. The lowest BCUT2D eigenvalue weighted by atomic mass is 10.2. The van der Waals surface area contributed by atoms with Gasteiger partial charge in [-0.05, 0) is 44.0 Å². The Morgan fingerprint density at radius 1 is 1.17 bits per heavy atom. The molecule has 0 radical (unpaired) electrons. The summed E-state index contributed by atoms with van der Waals surface area (Å²) in [5.74, 6) is 0.514. The normalized spacial score (nSPS) is 14.3. The van der Waals surface area contributed by atoms with Gasteiger partial charge in [0.05, 0.1) is 5.56 Å². The average molecular weight is 336 g/mol. The molecule has 1 heterocycles. The number of aromatic nitrogens is 2. The summed E-state index contributed by atoms with van der Waals surface area (Å²) in [6, 6.07) is 6.16. The Bertz CT molecular complexity index is 755. The number of nitrogens with zero attached hydrogens (tertiary/aromatic N) is 2. The highest BCUT2D eigenvalue weighted by Crippen LogP contribution is 2.30. The molecule has 1 aliphatic carbocycles. The second-order valence-corrected chi connectivity index (χ2v) is 5.63. The van der Waals surface area contributed by atoms with Crippen molar-refractivity contribution in [2.24, 2.45) is 0 Å². The molecule has 5 nitrogen and oxygen atoms in total. The topological polar surface area (TPSA) is 66.9 Å². The minimum atomic E-state index is -4.41. The van der Waals surface area contributed by atoms with E-state index in [0.717, 1.165) is 25.0 Å². The third-order valence-electron chi connectivity index (χ3n) is 3.47. The number of aryl methyl sites for hydroxylation is 1. The van der Waals surface area contributed by atoms with Gasteiger partial charge in [-0.2, -0.15) is 13.2 Å². The first-order valence-electron chi connectivity index (χ1n) is 7.42. The van der Waals surface area contributed by atoms with E-state index in [9.17, 15) is 18.0 Å². The summed E-state index contributed by atoms with van der Waals surface area (Å²) in [7, 11) is 0. The number of hydrogen-bond donors (Lipinski definition) is 2. The van der Waals surface area contributed by atoms with Crippen LogP contribution >= 0.6 is 0 Å². The minimum Gasteiger partial charge on any atom is -0.367 e. The fourth-order valence-corrected chi connectivity index (χ4v) is 2.13. The zero-order chi connectivity index (χ0) is 17.3. The van der Waals surface area contributed by atoms with Crippen molar-refractivity contribution in [1.29, 1.82) is 0 Å². The van der Waals surface area contributed by atoms with Crippen molar-refractivity contribution < 1.29 is 18.0 Å². The maximum Gasteiger partial charge on any atom is 0.416 e. The van der Waals surface area contributed by atoms with E-state index < -0.39 is 17.6 Å². The molecule has 24 heavy (non-hydrogen) atoms. The SMILES string of the molecule is Cc1nc(NC2CC2)cc(C(=O)Nc2ccc(C(F)(F)F)cc2)n1. The highest BCUT2D eigenvalue weighted by Gasteiger charge is 2.30. The van der Waals surface area contributed by atoms with Crippen LogP contribution in [0.3, 0.4) is 0 Å². The summed E-state index contributed by atoms with van der Waals surface area (Å²) >= 11 is 0. The monoisotopic (exact) mass is 336 g/mol. The van der Waals surface area contributed by atoms with E-state index in [-0.39, 0.29) is 11.4 Å². The van der Waals surface area contributed by atoms with Crippen molar-refractivity contribution in [3.63, 3.8) is 0 Å². The molecule has 0 bridgehead atoms. The Balaban J connectivity index is 1.73. The van der Waals surface area contributed by atoms with Gasteiger partial charge in [0.25, 0.3) is 5.91 Å². The predicted molar refractivity (Wildman–Crippen MR) is 82.8 cm³/mol. The van der Waals surface area contributed by atoms with E-state index in [1.54, 1.807) is 6.92 Å². The van der Waals surface area contributed by atoms with E-state index in [4.69, 9.17) is 0 Å². The van der Waals surface area contributed by atoms with Crippen molar-refractivity contribution in [1.82, 2.24) is 9.97 Å². The number of carbonyl (C=O) groups excluding carboxylic acids is 1. The van der Waals surface area contributed by atoms with Gasteiger partial charge in [0.1, 0.15) is 17.3 Å². The molecule has 1 aromatic carbocycles. The van der Waals surface area contributed by atoms with Crippen LogP contribution < -0.4 is 10.6 Å². The molecule has 0 atom stereocenters. The average Bonchev–Trinajstić information content (AvgIpc) is 3.30. The van der Waals surface area contributed by atoms with Crippen molar-refractivity contribution >= 4 is 17.4 Å². The molecule has 2 N–H and O–H groups in total. The van der Waals surface area contributed by atoms with Crippen LogP contribution in [0.2, 0.25) is 0 Å². The first-order chi connectivity index (χ1) is 11.3. The zero-order valence-corrected chi connectivity index (χ0v) is 12.8. The molecular weight excluding hydrogens is 321 g/mol. The molecule has 1 saturated carbocycles. The molecule has 1 aromatic heterocycles. The van der Waals surface area contributed by atoms with Crippen LogP contribution in [0.1, 0.15) is 34.7 Å². The summed E-state index contributed by atoms with van der Waals surface area (Å²) in [6.07, 6.45) is -2.28. The number of benzene rings is 1. The number of amides is 1. The summed E-state index contributed by atoms with van der Waals surface area (Å²) in [4.78, 5) is 20.5. The standard InChI is InChI=1S/C16H15F3N4O/c1-9-20-13(8-14(21-9)22-11-6-7-11)15(24)23-12-4-2-10(3-5-12)16(17,18)19/h2-5,8,11H,6-7H2,1H3,(H,23,24)(H,20,21,22). The quantitative estimate of drug-likeness (QED) is 0.895. The maximum atomic E-state index is 12.5. The summed E-state index contributed by atoms with van der Waals surface area (Å²) in [6.45, 7) is 1.67. The second-order valence-electron chi connectivity index (χ2n) is 5.63. The third-order valence-corrected chi connectivity index (χ3v) is 3.47. The van der Waals surface area contributed by atoms with E-state index in [0.29, 0.717) is 17.7 Å². The van der Waals surface area contributed by atoms with Crippen LogP contribution in [0, 0.1) is 6.92 Å². The number of nitrogens with one attached hydrogen (secondary N) is 2. The largest absolute Gasteiger partial charge is 0.416 e. The third kappa shape index (κ3) is 4.01. The van der Waals surface area contributed by atoms with Gasteiger partial charge < -0.3 is 10.6 Å². The van der Waals surface area contributed by atoms with Gasteiger partial charge in [0.2, 0.25) is 0 Å². The number of carbonyl (C=O) groups is 1. The highest BCUT2D eigenvalue weighted by atomic mass is 19.4. The molecule has 2 aromatic rings. The first-order valence-corrected chi connectivity index (χ1v) is 7.42. The molecule has 3 rings (SSSR count). The lowest BCUT2D eigenvalue weighted by molar-refractivity contribution is -0.137. The first kappa shape index (κ1) is 16.2. The van der Waals surface area contributed by atoms with Crippen LogP contribution in [-0.4, -0.2) is 21.9 Å². The fourth-order valence-electron chi connectivity index (χ4n) is 2.13. The molecule has 126 valence electrons. The van der Waals surface area contributed by atoms with Gasteiger partial charge >= 0.3 is 6.18 Å². The lowest BCUT2D eigenvalue weighted by Gasteiger charge is -2.10. The van der Waals surface area contributed by atoms with Gasteiger partial charge in [-0.1, -0.05) is 0 Å². The Morgan fingerprint density at radius 3 is 2.42 bits per heavy atom. The molecule has 1 amide bonds. The highest BCUT2D eigenvalue weighted by molar-refractivity contribution is 6.03. The van der Waals surface area contributed by atoms with Crippen LogP contribution in [0.25, 0.3) is 0 Å². The van der Waals surface area contributed by atoms with Crippen molar-refractivity contribution in [3.05, 3.63) is 47.4 Å². The van der Waals surface area contributed by atoms with E-state index in [2.05, 4.69) is 20.6 Å². The molecule has 1 aliphatic rings. The Morgan fingerprint density at radius 2 is 1.83 bits per heavy atom. The van der Waals surface area contributed by atoms with Crippen molar-refractivity contribution in [2.45, 2.75) is 32.0 Å². The van der Waals surface area contributed by atoms with Crippen molar-refractivity contribution in [3.8, 4) is 0 Å². The lowest BCUT2D eigenvalue weighted by Crippen LogP contribution is -2.16. The maximum absolute atomic E-state index is 12.5. The second kappa shape index (κ2) is 6.10. The predicted octanol–water partition coefficient (Wildman–Crippen LogP) is 3.63. The number of hydrogen-bond acceptors (Lipinski definition) is 4. The van der Waals surface area contributed by atoms with E-state index in [1.807, 2.05) is 0 Å². The van der Waals surface area contributed by atoms with E-state index in [1.165, 1.54) is 18.2 Å². The molecular formula is C16H15F3N4O. The van der Waals surface area contributed by atoms with E-state index >= 15 is 0 Å². The number of rotatable bonds is 4. The molecule has 8 heteroatoms. The van der Waals surface area contributed by atoms with Gasteiger partial charge in [0.15, 0.2) is 0 Å². The number of anilines is 2. The molecule has 0 saturated heterocycles. The van der Waals surface area contributed by atoms with Crippen LogP contribution in [0.5, 0.6) is 0 Å². The minimum absolute atomic E-state index is 0.158. The molecule has 0 unspecified atom stereocenters. The number of alkyl halides is 3. The summed E-state index contributed by atoms with van der Waals surface area (Å²) in [5.41, 5.74) is -0.346. The van der Waals surface area contributed by atoms with Gasteiger partial charge in [-0.25, -0.2) is 9.97 Å². The molecule has 0 aliphatic heterocycles.